The Bertz CT molecular complexity index is 983. The van der Waals surface area contributed by atoms with Crippen LogP contribution in [-0.2, 0) is 19.6 Å². The van der Waals surface area contributed by atoms with Crippen molar-refractivity contribution in [2.75, 3.05) is 32.1 Å². The van der Waals surface area contributed by atoms with Crippen molar-refractivity contribution in [1.29, 1.82) is 0 Å². The monoisotopic (exact) mass is 432 g/mol. The van der Waals surface area contributed by atoms with Crippen molar-refractivity contribution in [3.05, 3.63) is 53.6 Å². The van der Waals surface area contributed by atoms with E-state index in [1.54, 1.807) is 12.1 Å². The number of amides is 1. The van der Waals surface area contributed by atoms with Gasteiger partial charge in [0.05, 0.1) is 24.7 Å². The largest absolute Gasteiger partial charge is 0.497 e. The van der Waals surface area contributed by atoms with Gasteiger partial charge >= 0.3 is 0 Å². The molecule has 1 atom stereocenters. The number of anilines is 1. The maximum Gasteiger partial charge on any atom is 0.243 e. The van der Waals surface area contributed by atoms with E-state index in [0.29, 0.717) is 18.0 Å². The summed E-state index contributed by atoms with van der Waals surface area (Å²) in [6, 6.07) is 11.8. The van der Waals surface area contributed by atoms with Crippen LogP contribution in [0, 0.1) is 13.8 Å². The molecule has 1 N–H and O–H groups in total. The molecule has 0 radical (unpaired) electrons. The first-order chi connectivity index (χ1) is 14.3. The second-order valence-corrected chi connectivity index (χ2v) is 9.34. The van der Waals surface area contributed by atoms with Gasteiger partial charge in [-0.15, -0.1) is 0 Å². The lowest BCUT2D eigenvalue weighted by molar-refractivity contribution is -0.116. The Morgan fingerprint density at radius 3 is 2.57 bits per heavy atom. The van der Waals surface area contributed by atoms with Gasteiger partial charge in [0.15, 0.2) is 0 Å². The Hall–Kier alpha value is -2.42. The van der Waals surface area contributed by atoms with Crippen molar-refractivity contribution in [2.45, 2.75) is 37.7 Å². The summed E-state index contributed by atoms with van der Waals surface area (Å²) < 4.78 is 38.5. The van der Waals surface area contributed by atoms with Crippen LogP contribution in [-0.4, -0.2) is 51.5 Å². The van der Waals surface area contributed by atoms with Gasteiger partial charge in [-0.25, -0.2) is 8.42 Å². The number of carbonyl (C=O) groups excluding carboxylic acids is 1. The third-order valence-electron chi connectivity index (χ3n) is 5.33. The minimum absolute atomic E-state index is 0.112. The molecule has 0 saturated carbocycles. The summed E-state index contributed by atoms with van der Waals surface area (Å²) in [5.74, 6) is 0.172. The van der Waals surface area contributed by atoms with Crippen LogP contribution >= 0.6 is 0 Å². The van der Waals surface area contributed by atoms with E-state index < -0.39 is 15.9 Å². The zero-order valence-corrected chi connectivity index (χ0v) is 18.4. The van der Waals surface area contributed by atoms with Gasteiger partial charge in [0, 0.05) is 18.8 Å². The van der Waals surface area contributed by atoms with E-state index in [-0.39, 0.29) is 24.1 Å². The van der Waals surface area contributed by atoms with E-state index in [9.17, 15) is 13.2 Å². The number of ether oxygens (including phenoxy) is 2. The summed E-state index contributed by atoms with van der Waals surface area (Å²) in [7, 11) is -2.36. The molecule has 0 aromatic heterocycles. The molecule has 30 heavy (non-hydrogen) atoms. The number of rotatable bonds is 8. The number of nitrogens with one attached hydrogen (secondary N) is 1. The molecule has 0 bridgehead atoms. The first kappa shape index (κ1) is 22.3. The van der Waals surface area contributed by atoms with Crippen molar-refractivity contribution < 1.29 is 22.7 Å². The molecule has 1 aliphatic heterocycles. The fourth-order valence-electron chi connectivity index (χ4n) is 3.40. The van der Waals surface area contributed by atoms with E-state index in [1.807, 2.05) is 32.0 Å². The summed E-state index contributed by atoms with van der Waals surface area (Å²) in [6.45, 7) is 4.33. The lowest BCUT2D eigenvalue weighted by Crippen LogP contribution is -2.42. The highest BCUT2D eigenvalue weighted by Gasteiger charge is 2.31. The maximum absolute atomic E-state index is 13.3. The van der Waals surface area contributed by atoms with Gasteiger partial charge in [-0.05, 0) is 68.1 Å². The molecule has 7 nitrogen and oxygen atoms in total. The average molecular weight is 433 g/mol. The number of hydrogen-bond donors (Lipinski definition) is 1. The van der Waals surface area contributed by atoms with Crippen molar-refractivity contribution in [1.82, 2.24) is 4.31 Å². The van der Waals surface area contributed by atoms with Gasteiger partial charge in [0.1, 0.15) is 5.75 Å². The molecule has 0 spiro atoms. The van der Waals surface area contributed by atoms with Crippen molar-refractivity contribution in [3.8, 4) is 5.75 Å². The zero-order chi connectivity index (χ0) is 21.7. The summed E-state index contributed by atoms with van der Waals surface area (Å²) in [5.41, 5.74) is 2.68. The van der Waals surface area contributed by atoms with Crippen molar-refractivity contribution in [2.24, 2.45) is 0 Å². The minimum atomic E-state index is -3.88. The second-order valence-electron chi connectivity index (χ2n) is 7.40. The molecule has 1 saturated heterocycles. The lowest BCUT2D eigenvalue weighted by Gasteiger charge is -2.24. The van der Waals surface area contributed by atoms with Crippen LogP contribution in [0.15, 0.2) is 47.4 Å². The van der Waals surface area contributed by atoms with Crippen molar-refractivity contribution in [3.63, 3.8) is 0 Å². The molecule has 1 fully saturated rings. The molecule has 2 aromatic rings. The Morgan fingerprint density at radius 1 is 1.20 bits per heavy atom. The summed E-state index contributed by atoms with van der Waals surface area (Å²) in [6.07, 6.45) is 1.44. The maximum atomic E-state index is 13.3. The van der Waals surface area contributed by atoms with E-state index in [1.165, 1.54) is 23.5 Å². The molecule has 162 valence electrons. The topological polar surface area (TPSA) is 84.9 Å². The smallest absolute Gasteiger partial charge is 0.243 e. The number of sulfonamides is 1. The number of carbonyl (C=O) groups is 1. The van der Waals surface area contributed by atoms with Gasteiger partial charge in [-0.2, -0.15) is 4.31 Å². The fraction of sp³-hybridized carbons (Fsp3) is 0.409. The SMILES string of the molecule is COc1ccc(S(=O)(=O)N(CC(=O)Nc2cccc(C)c2C)CC2CCCO2)cc1. The predicted octanol–water partition coefficient (Wildman–Crippen LogP) is 3.12. The van der Waals surface area contributed by atoms with Crippen LogP contribution in [0.25, 0.3) is 0 Å². The summed E-state index contributed by atoms with van der Waals surface area (Å²) in [4.78, 5) is 12.9. The predicted molar refractivity (Wildman–Crippen MR) is 115 cm³/mol. The zero-order valence-electron chi connectivity index (χ0n) is 17.6. The molecule has 3 rings (SSSR count). The number of methoxy groups -OCH3 is 1. The summed E-state index contributed by atoms with van der Waals surface area (Å²) >= 11 is 0. The van der Waals surface area contributed by atoms with Crippen LogP contribution in [0.5, 0.6) is 5.75 Å². The number of nitrogens with zero attached hydrogens (tertiary/aromatic N) is 1. The molecule has 1 unspecified atom stereocenters. The Balaban J connectivity index is 1.82. The van der Waals surface area contributed by atoms with E-state index in [0.717, 1.165) is 24.0 Å². The molecule has 1 amide bonds. The average Bonchev–Trinajstić information content (AvgIpc) is 3.24. The highest BCUT2D eigenvalue weighted by molar-refractivity contribution is 7.89. The van der Waals surface area contributed by atoms with Gasteiger partial charge in [-0.3, -0.25) is 4.79 Å². The van der Waals surface area contributed by atoms with Gasteiger partial charge < -0.3 is 14.8 Å². The van der Waals surface area contributed by atoms with E-state index in [4.69, 9.17) is 9.47 Å². The number of hydrogen-bond acceptors (Lipinski definition) is 5. The van der Waals surface area contributed by atoms with Crippen LogP contribution in [0.2, 0.25) is 0 Å². The second kappa shape index (κ2) is 9.59. The Morgan fingerprint density at radius 2 is 1.93 bits per heavy atom. The standard InChI is InChI=1S/C22H28N2O5S/c1-16-6-4-8-21(17(16)2)23-22(25)15-24(14-19-7-5-13-29-19)30(26,27)20-11-9-18(28-3)10-12-20/h4,6,8-12,19H,5,7,13-15H2,1-3H3,(H,23,25). The van der Waals surface area contributed by atoms with Crippen molar-refractivity contribution >= 4 is 21.6 Å². The molecule has 1 heterocycles. The third-order valence-corrected chi connectivity index (χ3v) is 7.15. The Labute approximate surface area is 178 Å². The third kappa shape index (κ3) is 5.19. The normalized spacial score (nSPS) is 16.6. The van der Waals surface area contributed by atoms with Gasteiger partial charge in [0.25, 0.3) is 0 Å². The molecule has 1 aliphatic rings. The number of aryl methyl sites for hydroxylation is 1. The van der Waals surface area contributed by atoms with Crippen LogP contribution < -0.4 is 10.1 Å². The lowest BCUT2D eigenvalue weighted by atomic mass is 10.1. The highest BCUT2D eigenvalue weighted by Crippen LogP contribution is 2.23. The van der Waals surface area contributed by atoms with Gasteiger partial charge in [-0.1, -0.05) is 12.1 Å². The highest BCUT2D eigenvalue weighted by atomic mass is 32.2. The molecule has 2 aromatic carbocycles. The van der Waals surface area contributed by atoms with Crippen LogP contribution in [0.1, 0.15) is 24.0 Å². The van der Waals surface area contributed by atoms with Gasteiger partial charge in [0.2, 0.25) is 15.9 Å². The first-order valence-electron chi connectivity index (χ1n) is 9.93. The summed E-state index contributed by atoms with van der Waals surface area (Å²) in [5, 5.41) is 2.84. The quantitative estimate of drug-likeness (QED) is 0.693. The first-order valence-corrected chi connectivity index (χ1v) is 11.4. The fourth-order valence-corrected chi connectivity index (χ4v) is 4.82. The van der Waals surface area contributed by atoms with E-state index in [2.05, 4.69) is 5.32 Å². The number of benzene rings is 2. The minimum Gasteiger partial charge on any atom is -0.497 e. The van der Waals surface area contributed by atoms with E-state index >= 15 is 0 Å². The molecule has 8 heteroatoms. The van der Waals surface area contributed by atoms with Crippen LogP contribution in [0.4, 0.5) is 5.69 Å². The Kier molecular flexibility index (Phi) is 7.12. The molecule has 0 aliphatic carbocycles. The molecular weight excluding hydrogens is 404 g/mol. The van der Waals surface area contributed by atoms with Crippen LogP contribution in [0.3, 0.4) is 0 Å². The molecular formula is C22H28N2O5S.